The zero-order valence-corrected chi connectivity index (χ0v) is 12.3. The van der Waals surface area contributed by atoms with Crippen molar-refractivity contribution in [3.8, 4) is 0 Å². The second kappa shape index (κ2) is 5.86. The Morgan fingerprint density at radius 3 is 2.48 bits per heavy atom. The Labute approximate surface area is 125 Å². The van der Waals surface area contributed by atoms with Crippen molar-refractivity contribution in [2.24, 2.45) is 0 Å². The summed E-state index contributed by atoms with van der Waals surface area (Å²) < 4.78 is 13.2. The summed E-state index contributed by atoms with van der Waals surface area (Å²) in [6.07, 6.45) is 2.49. The minimum absolute atomic E-state index is 0.165. The van der Waals surface area contributed by atoms with Crippen LogP contribution in [0.1, 0.15) is 29.5 Å². The summed E-state index contributed by atoms with van der Waals surface area (Å²) in [5, 5.41) is 0. The molecule has 0 aromatic heterocycles. The predicted molar refractivity (Wildman–Crippen MR) is 84.3 cm³/mol. The van der Waals surface area contributed by atoms with Gasteiger partial charge in [-0.3, -0.25) is 4.90 Å². The van der Waals surface area contributed by atoms with Gasteiger partial charge in [-0.1, -0.05) is 24.3 Å². The van der Waals surface area contributed by atoms with Crippen LogP contribution in [0.4, 0.5) is 10.1 Å². The van der Waals surface area contributed by atoms with E-state index in [1.54, 1.807) is 12.1 Å². The average molecular weight is 284 g/mol. The molecule has 0 bridgehead atoms. The molecular weight excluding hydrogens is 263 g/mol. The van der Waals surface area contributed by atoms with Gasteiger partial charge in [0.05, 0.1) is 0 Å². The van der Waals surface area contributed by atoms with E-state index in [9.17, 15) is 4.39 Å². The van der Waals surface area contributed by atoms with Gasteiger partial charge in [0.25, 0.3) is 0 Å². The molecule has 0 amide bonds. The smallest absolute Gasteiger partial charge is 0.123 e. The number of para-hydroxylation sites is 1. The van der Waals surface area contributed by atoms with Crippen molar-refractivity contribution in [2.45, 2.75) is 38.9 Å². The van der Waals surface area contributed by atoms with Gasteiger partial charge in [0.2, 0.25) is 0 Å². The van der Waals surface area contributed by atoms with Crippen molar-refractivity contribution in [1.82, 2.24) is 4.90 Å². The predicted octanol–water partition coefficient (Wildman–Crippen LogP) is 3.88. The number of hydrogen-bond acceptors (Lipinski definition) is 2. The van der Waals surface area contributed by atoms with Gasteiger partial charge >= 0.3 is 0 Å². The monoisotopic (exact) mass is 284 g/mol. The Morgan fingerprint density at radius 2 is 1.81 bits per heavy atom. The van der Waals surface area contributed by atoms with Gasteiger partial charge in [0.15, 0.2) is 0 Å². The third-order valence-corrected chi connectivity index (χ3v) is 4.17. The topological polar surface area (TPSA) is 29.3 Å². The van der Waals surface area contributed by atoms with Crippen LogP contribution in [-0.2, 0) is 13.1 Å². The second-order valence-corrected chi connectivity index (χ2v) is 5.91. The summed E-state index contributed by atoms with van der Waals surface area (Å²) in [6.45, 7) is 3.68. The number of nitrogens with two attached hydrogens (primary N) is 1. The molecule has 0 unspecified atom stereocenters. The first kappa shape index (κ1) is 14.1. The molecular formula is C18H21FN2. The van der Waals surface area contributed by atoms with Crippen molar-refractivity contribution in [1.29, 1.82) is 0 Å². The molecule has 0 aliphatic heterocycles. The molecule has 2 nitrogen and oxygen atoms in total. The highest BCUT2D eigenvalue weighted by Crippen LogP contribution is 2.31. The number of halogens is 1. The van der Waals surface area contributed by atoms with Crippen molar-refractivity contribution < 1.29 is 4.39 Å². The zero-order chi connectivity index (χ0) is 14.8. The average Bonchev–Trinajstić information content (AvgIpc) is 3.27. The molecule has 1 aliphatic carbocycles. The number of anilines is 1. The van der Waals surface area contributed by atoms with Gasteiger partial charge in [-0.15, -0.1) is 0 Å². The highest BCUT2D eigenvalue weighted by atomic mass is 19.1. The van der Waals surface area contributed by atoms with Gasteiger partial charge in [-0.2, -0.15) is 0 Å². The Bertz CT molecular complexity index is 635. The van der Waals surface area contributed by atoms with Crippen molar-refractivity contribution in [2.75, 3.05) is 5.73 Å². The summed E-state index contributed by atoms with van der Waals surface area (Å²) in [5.41, 5.74) is 10.3. The highest BCUT2D eigenvalue weighted by Gasteiger charge is 2.29. The number of rotatable bonds is 5. The van der Waals surface area contributed by atoms with Crippen molar-refractivity contribution in [3.05, 3.63) is 65.0 Å². The van der Waals surface area contributed by atoms with Crippen LogP contribution in [0.3, 0.4) is 0 Å². The van der Waals surface area contributed by atoms with Gasteiger partial charge in [0.1, 0.15) is 5.82 Å². The van der Waals surface area contributed by atoms with E-state index in [1.165, 1.54) is 24.0 Å². The first-order valence-corrected chi connectivity index (χ1v) is 7.46. The third kappa shape index (κ3) is 3.42. The van der Waals surface area contributed by atoms with E-state index in [1.807, 2.05) is 31.2 Å². The number of aryl methyl sites for hydroxylation is 1. The number of nitrogen functional groups attached to an aromatic ring is 1. The van der Waals surface area contributed by atoms with E-state index in [0.717, 1.165) is 24.3 Å². The van der Waals surface area contributed by atoms with Crippen molar-refractivity contribution in [3.63, 3.8) is 0 Å². The lowest BCUT2D eigenvalue weighted by Gasteiger charge is -2.24. The maximum absolute atomic E-state index is 13.2. The molecule has 3 heteroatoms. The van der Waals surface area contributed by atoms with Crippen LogP contribution in [0, 0.1) is 12.7 Å². The molecule has 0 atom stereocenters. The molecule has 0 heterocycles. The van der Waals surface area contributed by atoms with Gasteiger partial charge in [0, 0.05) is 24.8 Å². The third-order valence-electron chi connectivity index (χ3n) is 4.17. The Kier molecular flexibility index (Phi) is 3.93. The van der Waals surface area contributed by atoms with E-state index in [2.05, 4.69) is 11.0 Å². The fourth-order valence-corrected chi connectivity index (χ4v) is 2.71. The molecule has 110 valence electrons. The largest absolute Gasteiger partial charge is 0.398 e. The van der Waals surface area contributed by atoms with E-state index >= 15 is 0 Å². The molecule has 3 rings (SSSR count). The van der Waals surface area contributed by atoms with E-state index in [4.69, 9.17) is 5.73 Å². The van der Waals surface area contributed by atoms with Crippen LogP contribution in [0.2, 0.25) is 0 Å². The van der Waals surface area contributed by atoms with Crippen LogP contribution < -0.4 is 5.73 Å². The fraction of sp³-hybridized carbons (Fsp3) is 0.333. The molecule has 0 spiro atoms. The van der Waals surface area contributed by atoms with Gasteiger partial charge in [-0.25, -0.2) is 4.39 Å². The normalized spacial score (nSPS) is 14.6. The maximum Gasteiger partial charge on any atom is 0.123 e. The van der Waals surface area contributed by atoms with Crippen molar-refractivity contribution >= 4 is 5.69 Å². The lowest BCUT2D eigenvalue weighted by atomic mass is 10.1. The van der Waals surface area contributed by atoms with Crippen LogP contribution in [0.15, 0.2) is 42.5 Å². The minimum Gasteiger partial charge on any atom is -0.398 e. The lowest BCUT2D eigenvalue weighted by molar-refractivity contribution is 0.245. The summed E-state index contributed by atoms with van der Waals surface area (Å²) in [6, 6.07) is 13.7. The molecule has 0 saturated heterocycles. The first-order valence-electron chi connectivity index (χ1n) is 7.46. The van der Waals surface area contributed by atoms with E-state index in [0.29, 0.717) is 6.04 Å². The quantitative estimate of drug-likeness (QED) is 0.844. The van der Waals surface area contributed by atoms with E-state index < -0.39 is 0 Å². The maximum atomic E-state index is 13.2. The molecule has 1 aliphatic rings. The summed E-state index contributed by atoms with van der Waals surface area (Å²) in [7, 11) is 0. The minimum atomic E-state index is -0.165. The number of nitrogens with zero attached hydrogens (tertiary/aromatic N) is 1. The van der Waals surface area contributed by atoms with Gasteiger partial charge in [-0.05, 0) is 54.7 Å². The van der Waals surface area contributed by atoms with Crippen LogP contribution in [0.25, 0.3) is 0 Å². The number of benzene rings is 2. The molecule has 1 fully saturated rings. The van der Waals surface area contributed by atoms with Crippen LogP contribution in [0.5, 0.6) is 0 Å². The Balaban J connectivity index is 1.78. The lowest BCUT2D eigenvalue weighted by Crippen LogP contribution is -2.26. The first-order chi connectivity index (χ1) is 10.1. The molecule has 21 heavy (non-hydrogen) atoms. The second-order valence-electron chi connectivity index (χ2n) is 5.91. The van der Waals surface area contributed by atoms with E-state index in [-0.39, 0.29) is 5.82 Å². The fourth-order valence-electron chi connectivity index (χ4n) is 2.71. The standard InChI is InChI=1S/C18H21FN2/c1-13-10-16(19)7-6-14(13)11-21(17-8-9-17)12-15-4-2-3-5-18(15)20/h2-7,10,17H,8-9,11-12,20H2,1H3. The summed E-state index contributed by atoms with van der Waals surface area (Å²) in [5.74, 6) is -0.165. The van der Waals surface area contributed by atoms with Crippen LogP contribution >= 0.6 is 0 Å². The Morgan fingerprint density at radius 1 is 1.10 bits per heavy atom. The summed E-state index contributed by atoms with van der Waals surface area (Å²) in [4.78, 5) is 2.45. The highest BCUT2D eigenvalue weighted by molar-refractivity contribution is 5.46. The van der Waals surface area contributed by atoms with Crippen LogP contribution in [-0.4, -0.2) is 10.9 Å². The molecule has 2 aromatic carbocycles. The SMILES string of the molecule is Cc1cc(F)ccc1CN(Cc1ccccc1N)C1CC1. The number of hydrogen-bond donors (Lipinski definition) is 1. The van der Waals surface area contributed by atoms with Gasteiger partial charge < -0.3 is 5.73 Å². The Hall–Kier alpha value is -1.87. The molecule has 2 N–H and O–H groups in total. The zero-order valence-electron chi connectivity index (χ0n) is 12.3. The molecule has 1 saturated carbocycles. The summed E-state index contributed by atoms with van der Waals surface area (Å²) >= 11 is 0. The molecule has 0 radical (unpaired) electrons. The molecule has 2 aromatic rings.